The van der Waals surface area contributed by atoms with Crippen molar-refractivity contribution in [3.8, 4) is 17.1 Å². The summed E-state index contributed by atoms with van der Waals surface area (Å²) in [6, 6.07) is 3.69. The number of imidazole rings is 1. The number of aryl methyl sites for hydroxylation is 1. The zero-order chi connectivity index (χ0) is 22.2. The second-order valence-electron chi connectivity index (χ2n) is 7.76. The lowest BCUT2D eigenvalue weighted by atomic mass is 10.1. The lowest BCUT2D eigenvalue weighted by Crippen LogP contribution is -2.32. The Bertz CT molecular complexity index is 1330. The van der Waals surface area contributed by atoms with Gasteiger partial charge in [0.15, 0.2) is 11.5 Å². The van der Waals surface area contributed by atoms with E-state index >= 15 is 0 Å². The summed E-state index contributed by atoms with van der Waals surface area (Å²) in [7, 11) is 0. The van der Waals surface area contributed by atoms with Gasteiger partial charge in [0, 0.05) is 42.5 Å². The normalized spacial score (nSPS) is 16.0. The minimum absolute atomic E-state index is 0.0104. The summed E-state index contributed by atoms with van der Waals surface area (Å²) in [6.45, 7) is 2.20. The maximum absolute atomic E-state index is 12.9. The topological polar surface area (TPSA) is 146 Å². The van der Waals surface area contributed by atoms with Crippen LogP contribution in [0, 0.1) is 12.8 Å². The third-order valence-electron chi connectivity index (χ3n) is 5.63. The number of pyridine rings is 1. The highest BCUT2D eigenvalue weighted by Crippen LogP contribution is 2.26. The zero-order valence-electron chi connectivity index (χ0n) is 17.4. The van der Waals surface area contributed by atoms with Crippen LogP contribution < -0.4 is 11.1 Å². The van der Waals surface area contributed by atoms with Crippen LogP contribution in [0.4, 0.5) is 5.82 Å². The molecule has 0 bridgehead atoms. The van der Waals surface area contributed by atoms with Gasteiger partial charge in [0.2, 0.25) is 5.82 Å². The molecular weight excluding hydrogens is 410 g/mol. The number of amides is 1. The molecule has 4 aromatic heterocycles. The summed E-state index contributed by atoms with van der Waals surface area (Å²) in [5.74, 6) is -0.208. The Morgan fingerprint density at radius 3 is 2.81 bits per heavy atom. The van der Waals surface area contributed by atoms with E-state index in [4.69, 9.17) is 5.73 Å². The van der Waals surface area contributed by atoms with Crippen molar-refractivity contribution in [2.24, 2.45) is 5.92 Å². The quantitative estimate of drug-likeness (QED) is 0.482. The van der Waals surface area contributed by atoms with Gasteiger partial charge in [-0.05, 0) is 31.9 Å². The van der Waals surface area contributed by atoms with E-state index in [1.54, 1.807) is 6.20 Å². The molecule has 1 atom stereocenters. The summed E-state index contributed by atoms with van der Waals surface area (Å²) in [4.78, 5) is 39.4. The third-order valence-corrected chi connectivity index (χ3v) is 5.63. The molecule has 0 unspecified atom stereocenters. The third kappa shape index (κ3) is 3.47. The fraction of sp³-hybridized carbons (Fsp3) is 0.286. The first-order valence-electron chi connectivity index (χ1n) is 10.3. The molecule has 32 heavy (non-hydrogen) atoms. The summed E-state index contributed by atoms with van der Waals surface area (Å²) in [5, 5.41) is 11.1. The van der Waals surface area contributed by atoms with Gasteiger partial charge in [-0.25, -0.2) is 15.0 Å². The molecule has 1 aliphatic rings. The van der Waals surface area contributed by atoms with E-state index in [1.807, 2.05) is 29.7 Å². The first kappa shape index (κ1) is 19.8. The average molecular weight is 431 g/mol. The SMILES string of the molecule is Cc1cnc2ccc(-c3nc(C(=O)NC[C@H]4CCCC4=O)c(N)nc3-n3nccn3)cn12. The Labute approximate surface area is 182 Å². The number of ketones is 1. The Balaban J connectivity index is 1.56. The van der Waals surface area contributed by atoms with Crippen molar-refractivity contribution < 1.29 is 9.59 Å². The molecule has 1 amide bonds. The Morgan fingerprint density at radius 2 is 2.06 bits per heavy atom. The van der Waals surface area contributed by atoms with Crippen molar-refractivity contribution in [3.63, 3.8) is 0 Å². The summed E-state index contributed by atoms with van der Waals surface area (Å²) < 4.78 is 1.92. The molecule has 162 valence electrons. The number of nitrogen functional groups attached to an aromatic ring is 1. The first-order chi connectivity index (χ1) is 15.5. The van der Waals surface area contributed by atoms with E-state index in [1.165, 1.54) is 17.2 Å². The second-order valence-corrected chi connectivity index (χ2v) is 7.76. The number of carbonyl (C=O) groups is 2. The molecule has 3 N–H and O–H groups in total. The molecule has 0 aromatic carbocycles. The molecule has 0 aliphatic heterocycles. The maximum Gasteiger partial charge on any atom is 0.273 e. The summed E-state index contributed by atoms with van der Waals surface area (Å²) >= 11 is 0. The van der Waals surface area contributed by atoms with Crippen LogP contribution in [0.2, 0.25) is 0 Å². The van der Waals surface area contributed by atoms with Gasteiger partial charge >= 0.3 is 0 Å². The van der Waals surface area contributed by atoms with E-state index in [0.717, 1.165) is 24.2 Å². The number of hydrogen-bond acceptors (Lipinski definition) is 8. The largest absolute Gasteiger partial charge is 0.382 e. The van der Waals surface area contributed by atoms with Gasteiger partial charge in [-0.15, -0.1) is 4.80 Å². The monoisotopic (exact) mass is 431 g/mol. The van der Waals surface area contributed by atoms with E-state index < -0.39 is 5.91 Å². The number of aromatic nitrogens is 7. The van der Waals surface area contributed by atoms with Gasteiger partial charge in [-0.1, -0.05) is 0 Å². The fourth-order valence-electron chi connectivity index (χ4n) is 3.91. The van der Waals surface area contributed by atoms with Crippen molar-refractivity contribution in [3.05, 3.63) is 48.3 Å². The molecule has 11 nitrogen and oxygen atoms in total. The molecule has 1 aliphatic carbocycles. The van der Waals surface area contributed by atoms with Gasteiger partial charge in [0.25, 0.3) is 5.91 Å². The number of nitrogens with zero attached hydrogens (tertiary/aromatic N) is 7. The van der Waals surface area contributed by atoms with E-state index in [-0.39, 0.29) is 29.8 Å². The number of nitrogens with one attached hydrogen (secondary N) is 1. The van der Waals surface area contributed by atoms with Crippen molar-refractivity contribution in [2.45, 2.75) is 26.2 Å². The summed E-state index contributed by atoms with van der Waals surface area (Å²) in [5.41, 5.74) is 8.91. The number of fused-ring (bicyclic) bond motifs is 1. The molecule has 1 fully saturated rings. The standard InChI is InChI=1S/C21H21N9O2/c1-12-9-23-16-6-5-14(11-29(12)16)17-20(30-25-7-8-26-30)28-19(22)18(27-17)21(32)24-10-13-3-2-4-15(13)31/h5-9,11,13H,2-4,10H2,1H3,(H2,22,28)(H,24,32)/t13-/m1/s1. The molecule has 4 heterocycles. The van der Waals surface area contributed by atoms with Crippen LogP contribution in [-0.4, -0.2) is 52.6 Å². The minimum Gasteiger partial charge on any atom is -0.382 e. The van der Waals surface area contributed by atoms with Gasteiger partial charge < -0.3 is 15.5 Å². The molecule has 0 saturated heterocycles. The second kappa shape index (κ2) is 7.84. The number of Topliss-reactive ketones (excluding diaryl/α,β-unsaturated/α-hetero) is 1. The highest BCUT2D eigenvalue weighted by Gasteiger charge is 2.26. The minimum atomic E-state index is -0.476. The van der Waals surface area contributed by atoms with Crippen molar-refractivity contribution >= 4 is 23.2 Å². The van der Waals surface area contributed by atoms with Gasteiger partial charge in [0.05, 0.1) is 12.4 Å². The van der Waals surface area contributed by atoms with Crippen LogP contribution in [0.1, 0.15) is 35.4 Å². The van der Waals surface area contributed by atoms with Crippen molar-refractivity contribution in [1.29, 1.82) is 0 Å². The number of anilines is 1. The molecule has 11 heteroatoms. The van der Waals surface area contributed by atoms with Crippen LogP contribution in [-0.2, 0) is 4.79 Å². The number of carbonyl (C=O) groups excluding carboxylic acids is 2. The highest BCUT2D eigenvalue weighted by atomic mass is 16.2. The smallest absolute Gasteiger partial charge is 0.273 e. The molecule has 0 spiro atoms. The Hall–Kier alpha value is -4.15. The van der Waals surface area contributed by atoms with Crippen LogP contribution in [0.25, 0.3) is 22.7 Å². The lowest BCUT2D eigenvalue weighted by Gasteiger charge is -2.14. The Morgan fingerprint density at radius 1 is 1.25 bits per heavy atom. The molecule has 1 saturated carbocycles. The van der Waals surface area contributed by atoms with E-state index in [9.17, 15) is 9.59 Å². The number of nitrogens with two attached hydrogens (primary N) is 1. The van der Waals surface area contributed by atoms with Crippen LogP contribution >= 0.6 is 0 Å². The summed E-state index contributed by atoms with van der Waals surface area (Å²) in [6.07, 6.45) is 8.87. The van der Waals surface area contributed by atoms with Gasteiger partial charge in [-0.2, -0.15) is 10.2 Å². The van der Waals surface area contributed by atoms with Gasteiger partial charge in [0.1, 0.15) is 17.1 Å². The predicted octanol–water partition coefficient (Wildman–Crippen LogP) is 1.36. The van der Waals surface area contributed by atoms with E-state index in [0.29, 0.717) is 23.5 Å². The first-order valence-corrected chi connectivity index (χ1v) is 10.3. The average Bonchev–Trinajstić information content (AvgIpc) is 3.54. The predicted molar refractivity (Wildman–Crippen MR) is 115 cm³/mol. The lowest BCUT2D eigenvalue weighted by molar-refractivity contribution is -0.120. The van der Waals surface area contributed by atoms with Crippen LogP contribution in [0.5, 0.6) is 0 Å². The highest BCUT2D eigenvalue weighted by molar-refractivity contribution is 5.97. The number of hydrogen-bond donors (Lipinski definition) is 2. The molecule has 0 radical (unpaired) electrons. The fourth-order valence-corrected chi connectivity index (χ4v) is 3.91. The van der Waals surface area contributed by atoms with Gasteiger partial charge in [-0.3, -0.25) is 9.59 Å². The Kier molecular flexibility index (Phi) is 4.85. The van der Waals surface area contributed by atoms with Crippen LogP contribution in [0.3, 0.4) is 0 Å². The van der Waals surface area contributed by atoms with E-state index in [2.05, 4.69) is 30.5 Å². The zero-order valence-corrected chi connectivity index (χ0v) is 17.4. The van der Waals surface area contributed by atoms with Crippen molar-refractivity contribution in [1.82, 2.24) is 39.7 Å². The van der Waals surface area contributed by atoms with Crippen LogP contribution in [0.15, 0.2) is 36.9 Å². The van der Waals surface area contributed by atoms with Crippen molar-refractivity contribution in [2.75, 3.05) is 12.3 Å². The molecular formula is C21H21N9O2. The molecule has 4 aromatic rings. The number of rotatable bonds is 5. The molecule has 5 rings (SSSR count). The maximum atomic E-state index is 12.9.